The molecule has 1 rings (SSSR count). The fraction of sp³-hybridized carbons (Fsp3) is 0. The number of halogens is 1. The highest BCUT2D eigenvalue weighted by molar-refractivity contribution is 5.44. The first-order chi connectivity index (χ1) is 4.84. The molecule has 52 valence electrons. The van der Waals surface area contributed by atoms with E-state index >= 15 is 0 Å². The maximum absolute atomic E-state index is 12.5. The molecule has 0 aromatic heterocycles. The highest BCUT2D eigenvalue weighted by Gasteiger charge is 1.96. The summed E-state index contributed by atoms with van der Waals surface area (Å²) in [4.78, 5) is 0. The minimum absolute atomic E-state index is 0.222. The van der Waals surface area contributed by atoms with Crippen molar-refractivity contribution in [2.45, 2.75) is 0 Å². The summed E-state index contributed by atoms with van der Waals surface area (Å²) in [5, 5.41) is 3.30. The molecule has 0 amide bonds. The molecular formula is C7H7FN2. The summed E-state index contributed by atoms with van der Waals surface area (Å²) in [5.41, 5.74) is 0.387. The summed E-state index contributed by atoms with van der Waals surface area (Å²) in [6.07, 6.45) is 0. The van der Waals surface area contributed by atoms with Gasteiger partial charge in [0.25, 0.3) is 0 Å². The van der Waals surface area contributed by atoms with E-state index in [9.17, 15) is 4.48 Å². The maximum Gasteiger partial charge on any atom is 0.0953 e. The van der Waals surface area contributed by atoms with Crippen LogP contribution in [0, 0.1) is 0 Å². The van der Waals surface area contributed by atoms with Crippen LogP contribution in [0.15, 0.2) is 35.4 Å². The number of para-hydroxylation sites is 1. The molecule has 0 aliphatic heterocycles. The van der Waals surface area contributed by atoms with Crippen molar-refractivity contribution in [3.63, 3.8) is 0 Å². The number of benzene rings is 1. The van der Waals surface area contributed by atoms with E-state index in [1.165, 1.54) is 0 Å². The van der Waals surface area contributed by atoms with Crippen LogP contribution < -0.4 is 5.23 Å². The number of rotatable bonds is 2. The van der Waals surface area contributed by atoms with Crippen LogP contribution in [0.25, 0.3) is 0 Å². The van der Waals surface area contributed by atoms with Crippen molar-refractivity contribution in [3.05, 3.63) is 30.3 Å². The number of hydrogen-bond donors (Lipinski definition) is 0. The first-order valence-corrected chi connectivity index (χ1v) is 2.82. The van der Waals surface area contributed by atoms with Gasteiger partial charge >= 0.3 is 0 Å². The first-order valence-electron chi connectivity index (χ1n) is 2.82. The lowest BCUT2D eigenvalue weighted by Gasteiger charge is -2.03. The smallest absolute Gasteiger partial charge is 0.0953 e. The fourth-order valence-corrected chi connectivity index (χ4v) is 0.633. The summed E-state index contributed by atoms with van der Waals surface area (Å²) < 4.78 is 12.5. The predicted molar refractivity (Wildman–Crippen MR) is 39.6 cm³/mol. The zero-order valence-corrected chi connectivity index (χ0v) is 5.37. The summed E-state index contributed by atoms with van der Waals surface area (Å²) in [6.45, 7) is 3.04. The molecule has 0 aliphatic rings. The molecule has 0 saturated carbocycles. The van der Waals surface area contributed by atoms with Gasteiger partial charge in [0.05, 0.1) is 5.69 Å². The zero-order valence-electron chi connectivity index (χ0n) is 5.37. The minimum Gasteiger partial charge on any atom is -0.158 e. The Bertz CT molecular complexity index is 210. The lowest BCUT2D eigenvalue weighted by atomic mass is 10.3. The fourth-order valence-electron chi connectivity index (χ4n) is 0.633. The van der Waals surface area contributed by atoms with Crippen LogP contribution in [-0.4, -0.2) is 6.72 Å². The van der Waals surface area contributed by atoms with Crippen LogP contribution in [0.5, 0.6) is 0 Å². The molecule has 0 saturated heterocycles. The molecule has 0 atom stereocenters. The normalized spacial score (nSPS) is 8.90. The molecular weight excluding hydrogens is 131 g/mol. The Morgan fingerprint density at radius 1 is 1.30 bits per heavy atom. The lowest BCUT2D eigenvalue weighted by molar-refractivity contribution is 0.449. The van der Waals surface area contributed by atoms with Gasteiger partial charge in [0.15, 0.2) is 0 Å². The topological polar surface area (TPSA) is 15.6 Å². The monoisotopic (exact) mass is 138 g/mol. The Balaban J connectivity index is 2.84. The molecule has 2 nitrogen and oxygen atoms in total. The second-order valence-corrected chi connectivity index (χ2v) is 1.74. The third-order valence-electron chi connectivity index (χ3n) is 1.09. The largest absolute Gasteiger partial charge is 0.158 e. The van der Waals surface area contributed by atoms with Crippen LogP contribution in [0.1, 0.15) is 0 Å². The highest BCUT2D eigenvalue weighted by Crippen LogP contribution is 2.12. The van der Waals surface area contributed by atoms with E-state index in [-0.39, 0.29) is 5.23 Å². The number of anilines is 1. The van der Waals surface area contributed by atoms with Crippen molar-refractivity contribution in [2.24, 2.45) is 5.10 Å². The van der Waals surface area contributed by atoms with Gasteiger partial charge in [0, 0.05) is 6.72 Å². The average Bonchev–Trinajstić information content (AvgIpc) is 2.05. The summed E-state index contributed by atoms with van der Waals surface area (Å²) in [5.74, 6) is 0. The van der Waals surface area contributed by atoms with Gasteiger partial charge in [-0.05, 0) is 12.1 Å². The molecule has 1 aromatic carbocycles. The molecule has 0 unspecified atom stereocenters. The van der Waals surface area contributed by atoms with Gasteiger partial charge in [-0.1, -0.05) is 27.9 Å². The van der Waals surface area contributed by atoms with Gasteiger partial charge in [-0.2, -0.15) is 5.10 Å². The third kappa shape index (κ3) is 1.31. The van der Waals surface area contributed by atoms with E-state index in [4.69, 9.17) is 0 Å². The standard InChI is InChI=1S/C7H7FN2/c1-9-10(8)7-5-3-2-4-6-7/h2-6H,1H2. The Labute approximate surface area is 58.5 Å². The van der Waals surface area contributed by atoms with Gasteiger partial charge in [0.1, 0.15) is 0 Å². The summed E-state index contributed by atoms with van der Waals surface area (Å²) >= 11 is 0. The number of hydrogen-bond acceptors (Lipinski definition) is 2. The van der Waals surface area contributed by atoms with Crippen LogP contribution in [0.4, 0.5) is 10.2 Å². The molecule has 0 fully saturated rings. The van der Waals surface area contributed by atoms with Crippen molar-refractivity contribution in [3.8, 4) is 0 Å². The molecule has 0 heterocycles. The van der Waals surface area contributed by atoms with Crippen molar-refractivity contribution in [2.75, 3.05) is 5.23 Å². The molecule has 0 bridgehead atoms. The lowest BCUT2D eigenvalue weighted by Crippen LogP contribution is -1.99. The van der Waals surface area contributed by atoms with E-state index < -0.39 is 0 Å². The minimum atomic E-state index is 0.222. The molecule has 3 heteroatoms. The van der Waals surface area contributed by atoms with E-state index in [0.29, 0.717) is 5.69 Å². The van der Waals surface area contributed by atoms with Crippen molar-refractivity contribution < 1.29 is 4.48 Å². The molecule has 0 aliphatic carbocycles. The Morgan fingerprint density at radius 2 is 1.90 bits per heavy atom. The van der Waals surface area contributed by atoms with E-state index in [2.05, 4.69) is 11.8 Å². The molecule has 10 heavy (non-hydrogen) atoms. The van der Waals surface area contributed by atoms with Gasteiger partial charge in [-0.3, -0.25) is 0 Å². The first kappa shape index (κ1) is 6.74. The highest BCUT2D eigenvalue weighted by atomic mass is 19.2. The number of hydrazone groups is 1. The van der Waals surface area contributed by atoms with Crippen LogP contribution in [0.2, 0.25) is 0 Å². The van der Waals surface area contributed by atoms with Crippen molar-refractivity contribution in [1.29, 1.82) is 0 Å². The van der Waals surface area contributed by atoms with E-state index in [1.807, 2.05) is 0 Å². The zero-order chi connectivity index (χ0) is 7.40. The van der Waals surface area contributed by atoms with Gasteiger partial charge in [-0.15, -0.1) is 0 Å². The van der Waals surface area contributed by atoms with Gasteiger partial charge < -0.3 is 0 Å². The van der Waals surface area contributed by atoms with Crippen LogP contribution in [0.3, 0.4) is 0 Å². The Kier molecular flexibility index (Phi) is 1.99. The van der Waals surface area contributed by atoms with Crippen LogP contribution >= 0.6 is 0 Å². The maximum atomic E-state index is 12.5. The average molecular weight is 138 g/mol. The van der Waals surface area contributed by atoms with Gasteiger partial charge in [-0.25, -0.2) is 0 Å². The molecule has 0 spiro atoms. The summed E-state index contributed by atoms with van der Waals surface area (Å²) in [6, 6.07) is 8.48. The second-order valence-electron chi connectivity index (χ2n) is 1.74. The Morgan fingerprint density at radius 3 is 2.40 bits per heavy atom. The molecule has 0 N–H and O–H groups in total. The van der Waals surface area contributed by atoms with E-state index in [1.54, 1.807) is 30.3 Å². The van der Waals surface area contributed by atoms with E-state index in [0.717, 1.165) is 0 Å². The molecule has 1 aromatic rings. The number of nitrogens with zero attached hydrogens (tertiary/aromatic N) is 2. The second kappa shape index (κ2) is 2.96. The quantitative estimate of drug-likeness (QED) is 0.346. The third-order valence-corrected chi connectivity index (χ3v) is 1.09. The van der Waals surface area contributed by atoms with Crippen molar-refractivity contribution >= 4 is 12.4 Å². The molecule has 0 radical (unpaired) electrons. The van der Waals surface area contributed by atoms with Crippen LogP contribution in [-0.2, 0) is 0 Å². The SMILES string of the molecule is C=NN(F)c1ccccc1. The summed E-state index contributed by atoms with van der Waals surface area (Å²) in [7, 11) is 0. The van der Waals surface area contributed by atoms with Gasteiger partial charge in [0.2, 0.25) is 0 Å². The Hall–Kier alpha value is -1.38. The van der Waals surface area contributed by atoms with Crippen molar-refractivity contribution in [1.82, 2.24) is 0 Å². The predicted octanol–water partition coefficient (Wildman–Crippen LogP) is 1.99.